The van der Waals surface area contributed by atoms with Gasteiger partial charge in [0.2, 0.25) is 0 Å². The van der Waals surface area contributed by atoms with Crippen molar-refractivity contribution in [2.45, 2.75) is 19.1 Å². The molecule has 0 bridgehead atoms. The van der Waals surface area contributed by atoms with Crippen LogP contribution in [0.3, 0.4) is 0 Å². The molecule has 4 nitrogen and oxygen atoms in total. The van der Waals surface area contributed by atoms with Crippen LogP contribution in [-0.4, -0.2) is 19.5 Å². The third-order valence-corrected chi connectivity index (χ3v) is 4.38. The highest BCUT2D eigenvalue weighted by molar-refractivity contribution is 7.54. The van der Waals surface area contributed by atoms with E-state index >= 15 is 0 Å². The molecule has 2 N–H and O–H groups in total. The molecule has 2 atom stereocenters. The summed E-state index contributed by atoms with van der Waals surface area (Å²) in [5, 5.41) is 0. The third kappa shape index (κ3) is 3.42. The number of rotatable bonds is 6. The van der Waals surface area contributed by atoms with Crippen molar-refractivity contribution < 1.29 is 13.6 Å². The van der Waals surface area contributed by atoms with Gasteiger partial charge in [-0.3, -0.25) is 4.57 Å². The lowest BCUT2D eigenvalue weighted by Gasteiger charge is -2.21. The standard InChI is InChI=1S/C11H18NO3P/c1-3-15-16(13,14-2)11(12)9-10-7-5-4-6-8-10/h4-8,11H,3,9,12H2,1-2H3/t11-,16?/m0/s1. The molecular weight excluding hydrogens is 225 g/mol. The normalized spacial score (nSPS) is 16.7. The van der Waals surface area contributed by atoms with Crippen LogP contribution in [0.15, 0.2) is 30.3 Å². The van der Waals surface area contributed by atoms with Crippen molar-refractivity contribution >= 4 is 7.60 Å². The van der Waals surface area contributed by atoms with E-state index in [2.05, 4.69) is 0 Å². The molecule has 16 heavy (non-hydrogen) atoms. The summed E-state index contributed by atoms with van der Waals surface area (Å²) in [6.07, 6.45) is 0.478. The maximum Gasteiger partial charge on any atom is 0.347 e. The number of benzene rings is 1. The Hall–Kier alpha value is -0.670. The van der Waals surface area contributed by atoms with Crippen LogP contribution in [-0.2, 0) is 20.0 Å². The minimum absolute atomic E-state index is 0.327. The Morgan fingerprint density at radius 2 is 2.00 bits per heavy atom. The van der Waals surface area contributed by atoms with E-state index in [0.717, 1.165) is 5.56 Å². The number of hydrogen-bond donors (Lipinski definition) is 1. The highest BCUT2D eigenvalue weighted by Crippen LogP contribution is 2.50. The van der Waals surface area contributed by atoms with Crippen LogP contribution >= 0.6 is 7.60 Å². The monoisotopic (exact) mass is 243 g/mol. The topological polar surface area (TPSA) is 61.5 Å². The summed E-state index contributed by atoms with van der Waals surface area (Å²) >= 11 is 0. The molecule has 0 aliphatic heterocycles. The molecular formula is C11H18NO3P. The summed E-state index contributed by atoms with van der Waals surface area (Å²) in [4.78, 5) is 0. The zero-order valence-electron chi connectivity index (χ0n) is 9.63. The molecule has 1 aromatic rings. The van der Waals surface area contributed by atoms with E-state index in [1.54, 1.807) is 6.92 Å². The van der Waals surface area contributed by atoms with Crippen molar-refractivity contribution in [1.29, 1.82) is 0 Å². The van der Waals surface area contributed by atoms with Crippen molar-refractivity contribution in [3.05, 3.63) is 35.9 Å². The molecule has 0 amide bonds. The molecule has 5 heteroatoms. The Morgan fingerprint density at radius 1 is 1.38 bits per heavy atom. The molecule has 0 radical (unpaired) electrons. The van der Waals surface area contributed by atoms with Crippen LogP contribution in [0.2, 0.25) is 0 Å². The maximum atomic E-state index is 12.1. The van der Waals surface area contributed by atoms with E-state index in [1.165, 1.54) is 7.11 Å². The van der Waals surface area contributed by atoms with Gasteiger partial charge in [-0.15, -0.1) is 0 Å². The van der Waals surface area contributed by atoms with Crippen molar-refractivity contribution in [1.82, 2.24) is 0 Å². The van der Waals surface area contributed by atoms with Gasteiger partial charge in [0.25, 0.3) is 0 Å². The van der Waals surface area contributed by atoms with Crippen LogP contribution in [0.25, 0.3) is 0 Å². The van der Waals surface area contributed by atoms with Crippen molar-refractivity contribution in [3.63, 3.8) is 0 Å². The van der Waals surface area contributed by atoms with E-state index in [4.69, 9.17) is 14.8 Å². The first-order valence-electron chi connectivity index (χ1n) is 5.22. The Morgan fingerprint density at radius 3 is 2.50 bits per heavy atom. The zero-order valence-corrected chi connectivity index (χ0v) is 10.5. The zero-order chi connectivity index (χ0) is 12.0. The van der Waals surface area contributed by atoms with E-state index in [1.807, 2.05) is 30.3 Å². The van der Waals surface area contributed by atoms with Crippen LogP contribution in [0.4, 0.5) is 0 Å². The van der Waals surface area contributed by atoms with E-state index < -0.39 is 13.4 Å². The predicted molar refractivity (Wildman–Crippen MR) is 64.4 cm³/mol. The minimum Gasteiger partial charge on any atom is -0.317 e. The molecule has 0 saturated heterocycles. The highest BCUT2D eigenvalue weighted by atomic mass is 31.2. The smallest absolute Gasteiger partial charge is 0.317 e. The van der Waals surface area contributed by atoms with E-state index in [9.17, 15) is 4.57 Å². The number of hydrogen-bond acceptors (Lipinski definition) is 4. The molecule has 1 aromatic carbocycles. The average molecular weight is 243 g/mol. The summed E-state index contributed by atoms with van der Waals surface area (Å²) in [7, 11) is -1.82. The average Bonchev–Trinajstić information content (AvgIpc) is 2.30. The van der Waals surface area contributed by atoms with Gasteiger partial charge in [-0.1, -0.05) is 30.3 Å². The second-order valence-corrected chi connectivity index (χ2v) is 5.76. The SMILES string of the molecule is CCOP(=O)(OC)[C@H](N)Cc1ccccc1. The lowest BCUT2D eigenvalue weighted by molar-refractivity contribution is 0.235. The van der Waals surface area contributed by atoms with Gasteiger partial charge in [-0.05, 0) is 18.9 Å². The lowest BCUT2D eigenvalue weighted by atomic mass is 10.2. The summed E-state index contributed by atoms with van der Waals surface area (Å²) in [5.41, 5.74) is 6.89. The largest absolute Gasteiger partial charge is 0.347 e. The Labute approximate surface area is 96.3 Å². The molecule has 0 saturated carbocycles. The molecule has 0 spiro atoms. The molecule has 0 aliphatic carbocycles. The van der Waals surface area contributed by atoms with Gasteiger partial charge in [-0.25, -0.2) is 0 Å². The molecule has 1 rings (SSSR count). The van der Waals surface area contributed by atoms with Crippen LogP contribution in [0.5, 0.6) is 0 Å². The fourth-order valence-electron chi connectivity index (χ4n) is 1.43. The highest BCUT2D eigenvalue weighted by Gasteiger charge is 2.31. The van der Waals surface area contributed by atoms with Crippen LogP contribution < -0.4 is 5.73 Å². The summed E-state index contributed by atoms with van der Waals surface area (Å²) in [6.45, 7) is 2.09. The van der Waals surface area contributed by atoms with Gasteiger partial charge in [0.15, 0.2) is 0 Å². The molecule has 0 aliphatic rings. The fourth-order valence-corrected chi connectivity index (χ4v) is 2.79. The molecule has 0 fully saturated rings. The van der Waals surface area contributed by atoms with Crippen molar-refractivity contribution in [2.24, 2.45) is 5.73 Å². The van der Waals surface area contributed by atoms with Gasteiger partial charge >= 0.3 is 7.60 Å². The second kappa shape index (κ2) is 6.16. The maximum absolute atomic E-state index is 12.1. The van der Waals surface area contributed by atoms with E-state index in [-0.39, 0.29) is 0 Å². The molecule has 0 heterocycles. The minimum atomic E-state index is -3.18. The van der Waals surface area contributed by atoms with Crippen LogP contribution in [0.1, 0.15) is 12.5 Å². The first kappa shape index (κ1) is 13.4. The van der Waals surface area contributed by atoms with E-state index in [0.29, 0.717) is 13.0 Å². The first-order chi connectivity index (χ1) is 7.62. The fraction of sp³-hybridized carbons (Fsp3) is 0.455. The second-order valence-electron chi connectivity index (χ2n) is 3.40. The quantitative estimate of drug-likeness (QED) is 0.779. The molecule has 1 unspecified atom stereocenters. The van der Waals surface area contributed by atoms with Crippen LogP contribution in [0, 0.1) is 0 Å². The lowest BCUT2D eigenvalue weighted by Crippen LogP contribution is -2.25. The van der Waals surface area contributed by atoms with Gasteiger partial charge in [0, 0.05) is 7.11 Å². The van der Waals surface area contributed by atoms with Crippen molar-refractivity contribution in [2.75, 3.05) is 13.7 Å². The Bertz CT molecular complexity index is 356. The predicted octanol–water partition coefficient (Wildman–Crippen LogP) is 2.39. The third-order valence-electron chi connectivity index (χ3n) is 2.26. The Kier molecular flexibility index (Phi) is 5.16. The van der Waals surface area contributed by atoms with Gasteiger partial charge in [0.05, 0.1) is 6.61 Å². The van der Waals surface area contributed by atoms with Gasteiger partial charge in [-0.2, -0.15) is 0 Å². The molecule has 0 aromatic heterocycles. The number of nitrogens with two attached hydrogens (primary N) is 1. The van der Waals surface area contributed by atoms with Crippen molar-refractivity contribution in [3.8, 4) is 0 Å². The molecule has 90 valence electrons. The Balaban J connectivity index is 2.70. The summed E-state index contributed by atoms with van der Waals surface area (Å²) in [6, 6.07) is 9.63. The van der Waals surface area contributed by atoms with Gasteiger partial charge in [0.1, 0.15) is 5.78 Å². The van der Waals surface area contributed by atoms with Gasteiger partial charge < -0.3 is 14.8 Å². The summed E-state index contributed by atoms with van der Waals surface area (Å²) in [5.74, 6) is -0.625. The first-order valence-corrected chi connectivity index (χ1v) is 6.83. The summed E-state index contributed by atoms with van der Waals surface area (Å²) < 4.78 is 22.2.